The van der Waals surface area contributed by atoms with Crippen LogP contribution in [0.25, 0.3) is 10.2 Å². The van der Waals surface area contributed by atoms with Crippen LogP contribution in [-0.2, 0) is 14.8 Å². The maximum absolute atomic E-state index is 13.8. The summed E-state index contributed by atoms with van der Waals surface area (Å²) < 4.78 is 29.2. The summed E-state index contributed by atoms with van der Waals surface area (Å²) in [6, 6.07) is 6.86. The summed E-state index contributed by atoms with van der Waals surface area (Å²) in [5.74, 6) is -0.566. The topological polar surface area (TPSA) is 73.8 Å². The van der Waals surface area contributed by atoms with Crippen molar-refractivity contribution in [3.8, 4) is 0 Å². The molecule has 1 fully saturated rings. The molecule has 34 heavy (non-hydrogen) atoms. The van der Waals surface area contributed by atoms with Gasteiger partial charge in [0.2, 0.25) is 5.91 Å². The highest BCUT2D eigenvalue weighted by Crippen LogP contribution is 2.37. The van der Waals surface area contributed by atoms with Crippen molar-refractivity contribution in [1.29, 1.82) is 0 Å². The van der Waals surface area contributed by atoms with Crippen LogP contribution < -0.4 is 4.90 Å². The predicted molar refractivity (Wildman–Crippen MR) is 141 cm³/mol. The third-order valence-electron chi connectivity index (χ3n) is 5.83. The highest BCUT2D eigenvalue weighted by molar-refractivity contribution is 7.91. The fourth-order valence-electron chi connectivity index (χ4n) is 3.95. The molecular formula is C22H26Cl2N4O3S3. The van der Waals surface area contributed by atoms with Gasteiger partial charge in [-0.25, -0.2) is 13.4 Å². The standard InChI is InChI=1S/C22H26Cl2N4O3S3/c1-14-6-7-16(23)20-19(14)25-22(33-20)28(12-11-26(2)3)21(29)15-5-4-10-27(13-15)34(30,31)18-9-8-17(24)32-18/h6-9,15H,4-5,10-13H2,1-3H3. The molecule has 3 heterocycles. The van der Waals surface area contributed by atoms with Crippen molar-refractivity contribution in [3.05, 3.63) is 39.2 Å². The van der Waals surface area contributed by atoms with Crippen molar-refractivity contribution in [1.82, 2.24) is 14.2 Å². The van der Waals surface area contributed by atoms with E-state index in [1.807, 2.05) is 38.1 Å². The maximum Gasteiger partial charge on any atom is 0.252 e. The molecule has 0 N–H and O–H groups in total. The molecule has 7 nitrogen and oxygen atoms in total. The number of sulfonamides is 1. The molecule has 12 heteroatoms. The van der Waals surface area contributed by atoms with Crippen LogP contribution in [-0.4, -0.2) is 68.8 Å². The first kappa shape index (κ1) is 25.8. The minimum Gasteiger partial charge on any atom is -0.308 e. The molecule has 4 rings (SSSR count). The number of hydrogen-bond donors (Lipinski definition) is 0. The molecule has 1 saturated heterocycles. The van der Waals surface area contributed by atoms with Crippen LogP contribution in [0.5, 0.6) is 0 Å². The summed E-state index contributed by atoms with van der Waals surface area (Å²) in [5, 5.41) is 1.19. The van der Waals surface area contributed by atoms with Crippen LogP contribution in [0.3, 0.4) is 0 Å². The number of fused-ring (bicyclic) bond motifs is 1. The first-order valence-electron chi connectivity index (χ1n) is 10.8. The molecule has 0 bridgehead atoms. The number of nitrogens with zero attached hydrogens (tertiary/aromatic N) is 4. The van der Waals surface area contributed by atoms with Crippen molar-refractivity contribution in [2.75, 3.05) is 45.2 Å². The molecule has 1 aliphatic heterocycles. The number of halogens is 2. The molecule has 2 aromatic heterocycles. The van der Waals surface area contributed by atoms with E-state index in [2.05, 4.69) is 0 Å². The molecule has 3 aromatic rings. The Morgan fingerprint density at radius 3 is 2.59 bits per heavy atom. The molecule has 0 saturated carbocycles. The van der Waals surface area contributed by atoms with Crippen molar-refractivity contribution >= 4 is 77.2 Å². The van der Waals surface area contributed by atoms with Gasteiger partial charge in [0.05, 0.1) is 25.5 Å². The number of anilines is 1. The van der Waals surface area contributed by atoms with E-state index >= 15 is 0 Å². The van der Waals surface area contributed by atoms with Gasteiger partial charge in [0.25, 0.3) is 10.0 Å². The van der Waals surface area contributed by atoms with E-state index in [1.165, 1.54) is 21.7 Å². The van der Waals surface area contributed by atoms with Crippen molar-refractivity contribution in [3.63, 3.8) is 0 Å². The largest absolute Gasteiger partial charge is 0.308 e. The van der Waals surface area contributed by atoms with Gasteiger partial charge in [-0.05, 0) is 57.6 Å². The molecule has 0 spiro atoms. The number of hydrogen-bond acceptors (Lipinski definition) is 7. The molecule has 1 aliphatic rings. The van der Waals surface area contributed by atoms with Crippen LogP contribution in [0, 0.1) is 12.8 Å². The second-order valence-electron chi connectivity index (χ2n) is 8.59. The minimum atomic E-state index is -3.70. The summed E-state index contributed by atoms with van der Waals surface area (Å²) >= 11 is 14.8. The molecule has 184 valence electrons. The van der Waals surface area contributed by atoms with Crippen molar-refractivity contribution < 1.29 is 13.2 Å². The number of carbonyl (C=O) groups excluding carboxylic acids is 1. The summed E-state index contributed by atoms with van der Waals surface area (Å²) in [7, 11) is 0.198. The Labute approximate surface area is 217 Å². The number of likely N-dealkylation sites (N-methyl/N-ethyl adjacent to an activating group) is 1. The second kappa shape index (κ2) is 10.4. The lowest BCUT2D eigenvalue weighted by molar-refractivity contribution is -0.123. The summed E-state index contributed by atoms with van der Waals surface area (Å²) in [4.78, 5) is 22.2. The van der Waals surface area contributed by atoms with Gasteiger partial charge in [0.1, 0.15) is 4.21 Å². The van der Waals surface area contributed by atoms with E-state index in [-0.39, 0.29) is 16.7 Å². The quantitative estimate of drug-likeness (QED) is 0.408. The van der Waals surface area contributed by atoms with E-state index in [9.17, 15) is 13.2 Å². The number of aromatic nitrogens is 1. The van der Waals surface area contributed by atoms with Gasteiger partial charge < -0.3 is 4.90 Å². The zero-order valence-electron chi connectivity index (χ0n) is 19.1. The normalized spacial score (nSPS) is 17.5. The van der Waals surface area contributed by atoms with Gasteiger partial charge in [0.15, 0.2) is 5.13 Å². The van der Waals surface area contributed by atoms with Crippen molar-refractivity contribution in [2.45, 2.75) is 24.0 Å². The SMILES string of the molecule is Cc1ccc(Cl)c2sc(N(CCN(C)C)C(=O)C3CCCN(S(=O)(=O)c4ccc(Cl)s4)C3)nc12. The zero-order valence-corrected chi connectivity index (χ0v) is 23.1. The zero-order chi connectivity index (χ0) is 24.6. The second-order valence-corrected chi connectivity index (χ2v) is 13.9. The van der Waals surface area contributed by atoms with Gasteiger partial charge in [-0.3, -0.25) is 9.69 Å². The van der Waals surface area contributed by atoms with Crippen LogP contribution in [0.4, 0.5) is 5.13 Å². The molecular weight excluding hydrogens is 535 g/mol. The van der Waals surface area contributed by atoms with Gasteiger partial charge in [-0.15, -0.1) is 11.3 Å². The number of aryl methyl sites for hydroxylation is 1. The smallest absolute Gasteiger partial charge is 0.252 e. The average Bonchev–Trinajstić information content (AvgIpc) is 3.44. The highest BCUT2D eigenvalue weighted by atomic mass is 35.5. The van der Waals surface area contributed by atoms with Gasteiger partial charge in [0, 0.05) is 26.2 Å². The van der Waals surface area contributed by atoms with Crippen LogP contribution in [0.15, 0.2) is 28.5 Å². The Morgan fingerprint density at radius 2 is 1.94 bits per heavy atom. The average molecular weight is 562 g/mol. The lowest BCUT2D eigenvalue weighted by Crippen LogP contribution is -2.48. The Hall–Kier alpha value is -1.27. The number of benzene rings is 1. The van der Waals surface area contributed by atoms with Gasteiger partial charge in [-0.1, -0.05) is 40.6 Å². The lowest BCUT2D eigenvalue weighted by atomic mass is 9.98. The Bertz CT molecular complexity index is 1270. The minimum absolute atomic E-state index is 0.112. The van der Waals surface area contributed by atoms with Crippen LogP contribution in [0.2, 0.25) is 9.36 Å². The summed E-state index contributed by atoms with van der Waals surface area (Å²) in [5.41, 5.74) is 1.78. The van der Waals surface area contributed by atoms with E-state index in [1.54, 1.807) is 11.0 Å². The fourth-order valence-corrected chi connectivity index (χ4v) is 8.46. The number of piperidine rings is 1. The molecule has 1 amide bonds. The molecule has 1 aromatic carbocycles. The Balaban J connectivity index is 1.63. The van der Waals surface area contributed by atoms with E-state index in [0.717, 1.165) is 27.1 Å². The van der Waals surface area contributed by atoms with E-state index in [0.29, 0.717) is 47.0 Å². The Kier molecular flexibility index (Phi) is 7.88. The number of rotatable bonds is 7. The van der Waals surface area contributed by atoms with E-state index in [4.69, 9.17) is 28.2 Å². The molecule has 0 radical (unpaired) electrons. The van der Waals surface area contributed by atoms with Crippen LogP contribution in [0.1, 0.15) is 18.4 Å². The molecule has 1 unspecified atom stereocenters. The third-order valence-corrected chi connectivity index (χ3v) is 10.9. The fraction of sp³-hybridized carbons (Fsp3) is 0.455. The van der Waals surface area contributed by atoms with Crippen molar-refractivity contribution in [2.24, 2.45) is 5.92 Å². The summed E-state index contributed by atoms with van der Waals surface area (Å²) in [6.07, 6.45) is 1.24. The first-order valence-corrected chi connectivity index (χ1v) is 14.7. The predicted octanol–water partition coefficient (Wildman–Crippen LogP) is 4.97. The number of carbonyl (C=O) groups is 1. The van der Waals surface area contributed by atoms with Gasteiger partial charge in [-0.2, -0.15) is 4.31 Å². The number of amides is 1. The monoisotopic (exact) mass is 560 g/mol. The third kappa shape index (κ3) is 5.28. The maximum atomic E-state index is 13.8. The van der Waals surface area contributed by atoms with Gasteiger partial charge >= 0.3 is 0 Å². The number of thiazole rings is 1. The first-order chi connectivity index (χ1) is 16.1. The van der Waals surface area contributed by atoms with E-state index < -0.39 is 15.9 Å². The highest BCUT2D eigenvalue weighted by Gasteiger charge is 2.36. The lowest BCUT2D eigenvalue weighted by Gasteiger charge is -2.33. The molecule has 0 aliphatic carbocycles. The molecule has 1 atom stereocenters. The number of thiophene rings is 1. The summed E-state index contributed by atoms with van der Waals surface area (Å²) in [6.45, 7) is 3.59. The van der Waals surface area contributed by atoms with Crippen LogP contribution >= 0.6 is 45.9 Å². The Morgan fingerprint density at radius 1 is 1.18 bits per heavy atom.